The fourth-order valence-electron chi connectivity index (χ4n) is 9.07. The second kappa shape index (κ2) is 13.2. The summed E-state index contributed by atoms with van der Waals surface area (Å²) in [7, 11) is 0. The number of hydrogen-bond donors (Lipinski definition) is 0. The Morgan fingerprint density at radius 3 is 1.30 bits per heavy atom. The van der Waals surface area contributed by atoms with Crippen molar-refractivity contribution in [2.24, 2.45) is 0 Å². The topological polar surface area (TPSA) is 0 Å². The normalized spacial score (nSPS) is 11.6. The van der Waals surface area contributed by atoms with E-state index in [1.165, 1.54) is 110 Å². The molecule has 260 valence electrons. The molecule has 0 radical (unpaired) electrons. The van der Waals surface area contributed by atoms with Gasteiger partial charge < -0.3 is 0 Å². The monoisotopic (exact) mass is 708 g/mol. The number of rotatable bonds is 6. The number of fused-ring (bicyclic) bond motifs is 1. The van der Waals surface area contributed by atoms with E-state index in [1.54, 1.807) is 0 Å². The lowest BCUT2D eigenvalue weighted by atomic mass is 9.82. The lowest BCUT2D eigenvalue weighted by Gasteiger charge is -2.21. The number of benzene rings is 11. The third kappa shape index (κ3) is 5.22. The average Bonchev–Trinajstić information content (AvgIpc) is 3.28. The standard InChI is InChI=1S/C56H36/c1-3-14-37(15-4-1)45-21-9-11-23-47(45)49-32-30-42-31-33-52-54(48-24-12-10-22-46(48)38-16-5-2-6-17-38)36-53(51-35-34-50(49)55(42)56(51)52)41-28-26-40(27-29-41)44-25-13-19-39-18-7-8-20-43(39)44/h1-36H. The van der Waals surface area contributed by atoms with Crippen molar-refractivity contribution in [2.45, 2.75) is 0 Å². The molecule has 0 spiro atoms. The van der Waals surface area contributed by atoms with Crippen LogP contribution in [0.1, 0.15) is 0 Å². The Morgan fingerprint density at radius 2 is 0.625 bits per heavy atom. The van der Waals surface area contributed by atoms with Crippen LogP contribution in [-0.2, 0) is 0 Å². The van der Waals surface area contributed by atoms with E-state index >= 15 is 0 Å². The van der Waals surface area contributed by atoms with Gasteiger partial charge >= 0.3 is 0 Å². The zero-order valence-electron chi connectivity index (χ0n) is 30.8. The highest BCUT2D eigenvalue weighted by Gasteiger charge is 2.21. The van der Waals surface area contributed by atoms with Crippen LogP contribution in [-0.4, -0.2) is 0 Å². The van der Waals surface area contributed by atoms with E-state index in [1.807, 2.05) is 0 Å². The van der Waals surface area contributed by atoms with Crippen molar-refractivity contribution in [2.75, 3.05) is 0 Å². The zero-order valence-corrected chi connectivity index (χ0v) is 30.8. The van der Waals surface area contributed by atoms with Crippen LogP contribution in [0.4, 0.5) is 0 Å². The first kappa shape index (κ1) is 32.2. The van der Waals surface area contributed by atoms with Crippen LogP contribution in [0, 0.1) is 0 Å². The van der Waals surface area contributed by atoms with Gasteiger partial charge in [0.2, 0.25) is 0 Å². The Hall–Kier alpha value is -7.28. The van der Waals surface area contributed by atoms with E-state index in [-0.39, 0.29) is 0 Å². The van der Waals surface area contributed by atoms with E-state index in [9.17, 15) is 0 Å². The Bertz CT molecular complexity index is 3200. The van der Waals surface area contributed by atoms with Gasteiger partial charge in [-0.25, -0.2) is 0 Å². The van der Waals surface area contributed by atoms with E-state index in [2.05, 4.69) is 218 Å². The highest BCUT2D eigenvalue weighted by atomic mass is 14.2. The van der Waals surface area contributed by atoms with E-state index in [4.69, 9.17) is 0 Å². The summed E-state index contributed by atoms with van der Waals surface area (Å²) in [5, 5.41) is 10.2. The molecule has 0 amide bonds. The van der Waals surface area contributed by atoms with Gasteiger partial charge in [0.25, 0.3) is 0 Å². The summed E-state index contributed by atoms with van der Waals surface area (Å²) >= 11 is 0. The molecule has 56 heavy (non-hydrogen) atoms. The maximum absolute atomic E-state index is 2.45. The molecule has 0 aliphatic carbocycles. The summed E-state index contributed by atoms with van der Waals surface area (Å²) in [4.78, 5) is 0. The predicted octanol–water partition coefficient (Wildman–Crippen LogP) is 15.7. The van der Waals surface area contributed by atoms with Gasteiger partial charge in [0.1, 0.15) is 0 Å². The fourth-order valence-corrected chi connectivity index (χ4v) is 9.07. The first-order valence-electron chi connectivity index (χ1n) is 19.4. The molecule has 0 heteroatoms. The smallest absolute Gasteiger partial charge is 0.00141 e. The summed E-state index contributed by atoms with van der Waals surface area (Å²) in [6, 6.07) is 80.3. The molecule has 0 heterocycles. The molecule has 0 saturated carbocycles. The minimum absolute atomic E-state index is 1.21. The van der Waals surface area contributed by atoms with Gasteiger partial charge in [-0.05, 0) is 116 Å². The molecule has 0 fully saturated rings. The lowest BCUT2D eigenvalue weighted by molar-refractivity contribution is 1.59. The van der Waals surface area contributed by atoms with Gasteiger partial charge in [-0.15, -0.1) is 0 Å². The Kier molecular flexibility index (Phi) is 7.60. The largest absolute Gasteiger partial charge is 0.0622 e. The van der Waals surface area contributed by atoms with E-state index < -0.39 is 0 Å². The Morgan fingerprint density at radius 1 is 0.179 bits per heavy atom. The molecule has 0 unspecified atom stereocenters. The third-order valence-corrected chi connectivity index (χ3v) is 11.7. The van der Waals surface area contributed by atoms with Crippen molar-refractivity contribution in [1.82, 2.24) is 0 Å². The molecule has 11 aromatic carbocycles. The van der Waals surface area contributed by atoms with Crippen LogP contribution < -0.4 is 0 Å². The Labute approximate surface area is 326 Å². The minimum atomic E-state index is 1.21. The van der Waals surface area contributed by atoms with Crippen LogP contribution in [0.3, 0.4) is 0 Å². The first-order chi connectivity index (χ1) is 27.8. The third-order valence-electron chi connectivity index (χ3n) is 11.7. The summed E-state index contributed by atoms with van der Waals surface area (Å²) in [5.74, 6) is 0. The highest BCUT2D eigenvalue weighted by Crippen LogP contribution is 2.48. The van der Waals surface area contributed by atoms with Gasteiger partial charge in [0, 0.05) is 0 Å². The summed E-state index contributed by atoms with van der Waals surface area (Å²) in [5.41, 5.74) is 14.8. The van der Waals surface area contributed by atoms with Gasteiger partial charge in [-0.2, -0.15) is 0 Å². The van der Waals surface area contributed by atoms with Crippen LogP contribution in [0.25, 0.3) is 110 Å². The average molecular weight is 709 g/mol. The number of hydrogen-bond acceptors (Lipinski definition) is 0. The quantitative estimate of drug-likeness (QED) is 0.151. The lowest BCUT2D eigenvalue weighted by Crippen LogP contribution is -1.94. The van der Waals surface area contributed by atoms with E-state index in [0.29, 0.717) is 0 Å². The maximum atomic E-state index is 2.45. The van der Waals surface area contributed by atoms with Gasteiger partial charge in [-0.1, -0.05) is 212 Å². The van der Waals surface area contributed by atoms with Gasteiger partial charge in [0.05, 0.1) is 0 Å². The molecule has 0 nitrogen and oxygen atoms in total. The van der Waals surface area contributed by atoms with Crippen LogP contribution in [0.2, 0.25) is 0 Å². The molecule has 0 N–H and O–H groups in total. The second-order valence-electron chi connectivity index (χ2n) is 14.8. The van der Waals surface area contributed by atoms with Gasteiger partial charge in [-0.3, -0.25) is 0 Å². The molecule has 11 aromatic rings. The summed E-state index contributed by atoms with van der Waals surface area (Å²) < 4.78 is 0. The fraction of sp³-hybridized carbons (Fsp3) is 0. The van der Waals surface area contributed by atoms with Gasteiger partial charge in [0.15, 0.2) is 0 Å². The summed E-state index contributed by atoms with van der Waals surface area (Å²) in [6.45, 7) is 0. The molecule has 0 bridgehead atoms. The Balaban J connectivity index is 1.19. The molecule has 0 aromatic heterocycles. The molecular formula is C56H36. The second-order valence-corrected chi connectivity index (χ2v) is 14.8. The van der Waals surface area contributed by atoms with Crippen molar-refractivity contribution < 1.29 is 0 Å². The molecule has 0 saturated heterocycles. The minimum Gasteiger partial charge on any atom is -0.0622 e. The van der Waals surface area contributed by atoms with Crippen LogP contribution in [0.5, 0.6) is 0 Å². The highest BCUT2D eigenvalue weighted by molar-refractivity contribution is 6.30. The van der Waals surface area contributed by atoms with Crippen molar-refractivity contribution in [3.05, 3.63) is 218 Å². The van der Waals surface area contributed by atoms with Crippen molar-refractivity contribution in [3.8, 4) is 66.8 Å². The van der Waals surface area contributed by atoms with Crippen molar-refractivity contribution >= 4 is 43.1 Å². The molecule has 11 rings (SSSR count). The van der Waals surface area contributed by atoms with E-state index in [0.717, 1.165) is 0 Å². The maximum Gasteiger partial charge on any atom is -0.00141 e. The predicted molar refractivity (Wildman–Crippen MR) is 240 cm³/mol. The molecule has 0 atom stereocenters. The van der Waals surface area contributed by atoms with Crippen molar-refractivity contribution in [1.29, 1.82) is 0 Å². The summed E-state index contributed by atoms with van der Waals surface area (Å²) in [6.07, 6.45) is 0. The molecule has 0 aliphatic rings. The van der Waals surface area contributed by atoms with Crippen LogP contribution in [0.15, 0.2) is 218 Å². The molecular weight excluding hydrogens is 673 g/mol. The SMILES string of the molecule is c1ccc(-c2ccccc2-c2ccc3ccc4c(-c5ccccc5-c5ccccc5)cc(-c5ccc(-c6cccc7ccccc67)cc5)c5ccc2c3c54)cc1. The van der Waals surface area contributed by atoms with Crippen LogP contribution >= 0.6 is 0 Å². The first-order valence-corrected chi connectivity index (χ1v) is 19.4. The molecule has 0 aliphatic heterocycles. The zero-order chi connectivity index (χ0) is 37.0. The van der Waals surface area contributed by atoms with Crippen molar-refractivity contribution in [3.63, 3.8) is 0 Å².